The molecule has 5 rings (SSSR count). The van der Waals surface area contributed by atoms with Crippen molar-refractivity contribution in [3.05, 3.63) is 44.6 Å². The van der Waals surface area contributed by atoms with Crippen LogP contribution in [0.4, 0.5) is 0 Å². The van der Waals surface area contributed by atoms with E-state index >= 15 is 0 Å². The number of likely N-dealkylation sites (N-methyl/N-ethyl adjacent to an activating group) is 1. The summed E-state index contributed by atoms with van der Waals surface area (Å²) in [5, 5.41) is 10.8. The molecule has 3 fully saturated rings. The molecule has 3 aliphatic heterocycles. The van der Waals surface area contributed by atoms with Crippen molar-refractivity contribution in [2.45, 2.75) is 48.8 Å². The van der Waals surface area contributed by atoms with E-state index in [0.29, 0.717) is 22.7 Å². The molecule has 7 heteroatoms. The van der Waals surface area contributed by atoms with E-state index in [1.54, 1.807) is 0 Å². The Labute approximate surface area is 178 Å². The van der Waals surface area contributed by atoms with Crippen molar-refractivity contribution in [2.24, 2.45) is 0 Å². The summed E-state index contributed by atoms with van der Waals surface area (Å²) in [5.74, 6) is -1.58. The Morgan fingerprint density at radius 3 is 2.35 bits per heavy atom. The summed E-state index contributed by atoms with van der Waals surface area (Å²) >= 11 is 0.784. The molecule has 0 aliphatic carbocycles. The molecule has 0 saturated carbocycles. The quantitative estimate of drug-likeness (QED) is 0.482. The van der Waals surface area contributed by atoms with Gasteiger partial charge in [-0.25, -0.2) is 4.79 Å². The fourth-order valence-corrected chi connectivity index (χ4v) is 5.15. The maximum absolute atomic E-state index is 13.7. The zero-order valence-electron chi connectivity index (χ0n) is 26.2. The first-order chi connectivity index (χ1) is 17.7. The minimum atomic E-state index is -3.03. The number of rotatable bonds is 4. The van der Waals surface area contributed by atoms with Crippen LogP contribution in [0.2, 0.25) is 0 Å². The van der Waals surface area contributed by atoms with Gasteiger partial charge in [-0.15, -0.1) is 22.7 Å². The Morgan fingerprint density at radius 1 is 1.31 bits per heavy atom. The third-order valence-electron chi connectivity index (χ3n) is 5.19. The van der Waals surface area contributed by atoms with Crippen molar-refractivity contribution in [1.82, 2.24) is 0 Å². The standard InChI is InChI=1S/C19H22NO4S2/c1-20(2)12-9-11(10-13(20)17-16(12)24-17)23-18(21)19(22,14-5-3-7-25-14)15-6-4-8-26-15/h3-8,11-13,16-17,22H,9-10H2,1-2H3/q+1/i1D3,2D3,3D,4D,5D,6D,7D,8D,11D. The van der Waals surface area contributed by atoms with Crippen molar-refractivity contribution in [1.29, 1.82) is 0 Å². The van der Waals surface area contributed by atoms with E-state index < -0.39 is 118 Å². The predicted molar refractivity (Wildman–Crippen MR) is 99.1 cm³/mol. The summed E-state index contributed by atoms with van der Waals surface area (Å²) in [6.45, 7) is -6.02. The molecule has 2 aromatic rings. The first-order valence-corrected chi connectivity index (χ1v) is 9.49. The normalized spacial score (nSPS) is 45.3. The molecule has 1 N–H and O–H groups in total. The van der Waals surface area contributed by atoms with Crippen LogP contribution in [0, 0.1) is 0 Å². The number of aliphatic hydroxyl groups is 1. The largest absolute Gasteiger partial charge is 0.459 e. The number of quaternary nitrogens is 1. The van der Waals surface area contributed by atoms with Gasteiger partial charge in [-0.1, -0.05) is 12.1 Å². The van der Waals surface area contributed by atoms with Gasteiger partial charge in [0.25, 0.3) is 0 Å². The van der Waals surface area contributed by atoms with Crippen LogP contribution in [-0.4, -0.2) is 59.9 Å². The van der Waals surface area contributed by atoms with Crippen LogP contribution in [0.15, 0.2) is 34.9 Å². The number of esters is 1. The molecular weight excluding hydrogens is 370 g/mol. The highest BCUT2D eigenvalue weighted by atomic mass is 32.1. The summed E-state index contributed by atoms with van der Waals surface area (Å²) in [5.41, 5.74) is -3.03. The highest BCUT2D eigenvalue weighted by Crippen LogP contribution is 2.52. The zero-order chi connectivity index (χ0) is 29.2. The van der Waals surface area contributed by atoms with Gasteiger partial charge in [0.1, 0.15) is 30.4 Å². The van der Waals surface area contributed by atoms with Crippen molar-refractivity contribution in [3.63, 3.8) is 0 Å². The fourth-order valence-electron chi connectivity index (χ4n) is 3.81. The van der Waals surface area contributed by atoms with Gasteiger partial charge in [0.2, 0.25) is 5.60 Å². The molecule has 26 heavy (non-hydrogen) atoms. The van der Waals surface area contributed by atoms with E-state index in [1.165, 1.54) is 0 Å². The number of thiophene rings is 2. The van der Waals surface area contributed by atoms with Crippen LogP contribution in [0.1, 0.15) is 40.4 Å². The monoisotopic (exact) mass is 405 g/mol. The van der Waals surface area contributed by atoms with Gasteiger partial charge in [-0.2, -0.15) is 0 Å². The molecule has 0 radical (unpaired) electrons. The summed E-state index contributed by atoms with van der Waals surface area (Å²) in [7, 11) is 0. The highest BCUT2D eigenvalue weighted by Gasteiger charge is 2.71. The average Bonchev–Trinajstić information content (AvgIpc) is 3.45. The Hall–Kier alpha value is -1.25. The van der Waals surface area contributed by atoms with Crippen LogP contribution in [-0.2, 0) is 19.9 Å². The molecule has 0 aromatic carbocycles. The van der Waals surface area contributed by atoms with E-state index in [-0.39, 0.29) is 0 Å². The zero-order valence-corrected chi connectivity index (χ0v) is 14.8. The molecule has 4 atom stereocenters. The maximum Gasteiger partial charge on any atom is 0.349 e. The minimum absolute atomic E-state index is 0.392. The van der Waals surface area contributed by atoms with E-state index in [2.05, 4.69) is 0 Å². The molecule has 4 unspecified atom stereocenters. The summed E-state index contributed by atoms with van der Waals surface area (Å²) < 4.78 is 115. The van der Waals surface area contributed by atoms with Crippen LogP contribution in [0.5, 0.6) is 0 Å². The first kappa shape index (κ1) is 8.01. The Kier molecular flexibility index (Phi) is 1.73. The van der Waals surface area contributed by atoms with Gasteiger partial charge in [0.15, 0.2) is 0 Å². The number of carbonyl (C=O) groups is 1. The van der Waals surface area contributed by atoms with Crippen LogP contribution < -0.4 is 0 Å². The maximum atomic E-state index is 13.7. The molecule has 0 spiro atoms. The third kappa shape index (κ3) is 2.28. The lowest BCUT2D eigenvalue weighted by molar-refractivity contribution is -0.938. The molecule has 2 bridgehead atoms. The number of nitrogens with zero attached hydrogens (tertiary/aromatic N) is 1. The van der Waals surface area contributed by atoms with Gasteiger partial charge >= 0.3 is 5.97 Å². The average molecular weight is 406 g/mol. The number of fused-ring (bicyclic) bond motifs is 5. The molecule has 138 valence electrons. The number of piperidine rings is 1. The van der Waals surface area contributed by atoms with E-state index in [4.69, 9.17) is 27.3 Å². The van der Waals surface area contributed by atoms with E-state index in [0.717, 1.165) is 0 Å². The number of morpholine rings is 1. The van der Waals surface area contributed by atoms with Crippen LogP contribution in [0.25, 0.3) is 0 Å². The van der Waals surface area contributed by atoms with Crippen LogP contribution >= 0.6 is 22.7 Å². The van der Waals surface area contributed by atoms with Crippen molar-refractivity contribution >= 4 is 28.6 Å². The van der Waals surface area contributed by atoms with Gasteiger partial charge in [0, 0.05) is 12.8 Å². The Bertz CT molecular complexity index is 1280. The predicted octanol–water partition coefficient (Wildman–Crippen LogP) is 2.35. The summed E-state index contributed by atoms with van der Waals surface area (Å²) in [4.78, 5) is 12.6. The first-order valence-electron chi connectivity index (χ1n) is 14.4. The second-order valence-corrected chi connectivity index (χ2v) is 8.22. The van der Waals surface area contributed by atoms with Gasteiger partial charge in [-0.05, 0) is 22.8 Å². The number of ether oxygens (including phenoxy) is 2. The lowest BCUT2D eigenvalue weighted by Gasteiger charge is -2.45. The molecule has 3 saturated heterocycles. The van der Waals surface area contributed by atoms with E-state index in [1.807, 2.05) is 0 Å². The van der Waals surface area contributed by atoms with Gasteiger partial charge < -0.3 is 19.1 Å². The van der Waals surface area contributed by atoms with Gasteiger partial charge in [0.05, 0.1) is 41.5 Å². The molecular formula is C19H22NO4S2+. The molecule has 5 heterocycles. The highest BCUT2D eigenvalue weighted by molar-refractivity contribution is 7.12. The number of hydrogen-bond acceptors (Lipinski definition) is 6. The summed E-state index contributed by atoms with van der Waals surface area (Å²) in [6, 6.07) is -5.21. The van der Waals surface area contributed by atoms with Crippen LogP contribution in [0.3, 0.4) is 0 Å². The topological polar surface area (TPSA) is 59.1 Å². The minimum Gasteiger partial charge on any atom is -0.459 e. The smallest absolute Gasteiger partial charge is 0.349 e. The lowest BCUT2D eigenvalue weighted by atomic mass is 9.95. The molecule has 2 aromatic heterocycles. The second-order valence-electron chi connectivity index (χ2n) is 6.59. The molecule has 5 nitrogen and oxygen atoms in total. The Morgan fingerprint density at radius 2 is 1.88 bits per heavy atom. The van der Waals surface area contributed by atoms with Crippen molar-refractivity contribution in [2.75, 3.05) is 14.0 Å². The fraction of sp³-hybridized carbons (Fsp3) is 0.526. The number of epoxide rings is 1. The lowest BCUT2D eigenvalue weighted by Crippen LogP contribution is -2.60. The second kappa shape index (κ2) is 5.62. The van der Waals surface area contributed by atoms with Gasteiger partial charge in [-0.3, -0.25) is 0 Å². The molecule has 3 aliphatic rings. The van der Waals surface area contributed by atoms with Crippen molar-refractivity contribution in [3.8, 4) is 0 Å². The van der Waals surface area contributed by atoms with Crippen molar-refractivity contribution < 1.29 is 41.7 Å². The number of hydrogen-bond donors (Lipinski definition) is 1. The Balaban J connectivity index is 1.57. The SMILES string of the molecule is [2H]c1sc(C(O)(C(=O)OC2([2H])CC3C4OC4C(C2)[N+]3(C([2H])([2H])[2H])C([2H])([2H])[2H])c2sc([2H])c([2H])c2[2H])c([2H])c1[2H]. The molecule has 0 amide bonds. The summed E-state index contributed by atoms with van der Waals surface area (Å²) in [6.07, 6.45) is -4.96. The number of carbonyl (C=O) groups excluding carboxylic acids is 1. The third-order valence-corrected chi connectivity index (χ3v) is 6.80. The van der Waals surface area contributed by atoms with E-state index in [9.17, 15) is 9.90 Å².